The molecule has 5 aliphatic carbocycles. The van der Waals surface area contributed by atoms with Gasteiger partial charge < -0.3 is 64.4 Å². The average Bonchev–Trinajstić information content (AvgIpc) is 1.22. The largest absolute Gasteiger partial charge is 0.397 e. The van der Waals surface area contributed by atoms with Gasteiger partial charge in [-0.2, -0.15) is 13.2 Å². The van der Waals surface area contributed by atoms with E-state index in [2.05, 4.69) is 17.6 Å². The van der Waals surface area contributed by atoms with E-state index in [9.17, 15) is 41.9 Å². The number of fused-ring (bicyclic) bond motifs is 3. The van der Waals surface area contributed by atoms with Crippen LogP contribution in [-0.4, -0.2) is 295 Å². The molecular weight excluding hydrogens is 1380 g/mol. The first kappa shape index (κ1) is 84.6. The van der Waals surface area contributed by atoms with E-state index in [0.717, 1.165) is 43.4 Å². The Morgan fingerprint density at radius 1 is 0.642 bits per heavy atom. The van der Waals surface area contributed by atoms with E-state index in [4.69, 9.17) is 4.74 Å². The molecule has 2 unspecified atom stereocenters. The van der Waals surface area contributed by atoms with Crippen molar-refractivity contribution < 1.29 is 84.2 Å². The highest BCUT2D eigenvalue weighted by molar-refractivity contribution is 6.01. The zero-order valence-electron chi connectivity index (χ0n) is 64.7. The van der Waals surface area contributed by atoms with Gasteiger partial charge in [-0.05, 0) is 126 Å². The first-order valence-electron chi connectivity index (χ1n) is 38.8. The molecule has 0 aromatic rings. The summed E-state index contributed by atoms with van der Waals surface area (Å²) in [6.07, 6.45) is -1.33. The van der Waals surface area contributed by atoms with Crippen molar-refractivity contribution in [2.24, 2.45) is 41.4 Å². The Labute approximate surface area is 622 Å². The highest BCUT2D eigenvalue weighted by Crippen LogP contribution is 2.46. The summed E-state index contributed by atoms with van der Waals surface area (Å²) in [4.78, 5) is 195. The van der Waals surface area contributed by atoms with Gasteiger partial charge in [0.15, 0.2) is 0 Å². The molecule has 106 heavy (non-hydrogen) atoms. The molecule has 30 heteroatoms. The molecule has 25 nitrogen and oxygen atoms in total. The van der Waals surface area contributed by atoms with Crippen molar-refractivity contribution in [2.75, 3.05) is 96.2 Å². The Bertz CT molecular complexity index is 3180. The van der Waals surface area contributed by atoms with Crippen LogP contribution >= 0.6 is 0 Å². The lowest BCUT2D eigenvalue weighted by molar-refractivity contribution is -0.219. The van der Waals surface area contributed by atoms with Gasteiger partial charge in [-0.3, -0.25) is 57.5 Å². The summed E-state index contributed by atoms with van der Waals surface area (Å²) in [6.45, 7) is 6.12. The summed E-state index contributed by atoms with van der Waals surface area (Å²) in [5, 5.41) is 5.67. The van der Waals surface area contributed by atoms with Gasteiger partial charge in [0.2, 0.25) is 70.9 Å². The highest BCUT2D eigenvalue weighted by atomic mass is 19.4. The minimum Gasteiger partial charge on any atom is -0.377 e. The molecule has 2 saturated heterocycles. The van der Waals surface area contributed by atoms with Crippen LogP contribution in [-0.2, 0) is 62.3 Å². The second-order valence-corrected chi connectivity index (χ2v) is 32.4. The lowest BCUT2D eigenvalue weighted by atomic mass is 9.73. The van der Waals surface area contributed by atoms with Gasteiger partial charge in [-0.1, -0.05) is 90.7 Å². The van der Waals surface area contributed by atoms with Gasteiger partial charge >= 0.3 is 6.18 Å². The normalized spacial score (nSPS) is 32.9. The summed E-state index contributed by atoms with van der Waals surface area (Å²) >= 11 is 0. The SMILES string of the molecule is CCO[C@@H]1C[C@H]2C(=O)N(C)C3(CCC3)C(=O)N(C)[C@@H](C3CCCC3)C(=O)N(C)[C@H](C(=O)N(C)C)CC(=O)N(C)[C@@H](CC3CC3)C(=O)N[C@@H]([C@@H](C)CC)C(=O)N(C)CC(=O)N(C)[C@H]3C/C=C\CCN(C3=O)[C@@H](CC3CCC(C)CC3)C(=O)N(C)CC(=O)N[C@@H](CCC3CC(F)C(C(F)(F)F)C(F)C3)C(=O)N2C1. The number of likely N-dealkylation sites (N-methyl/N-ethyl adjacent to an activating group) is 8. The Kier molecular flexibility index (Phi) is 29.1. The Hall–Kier alpha value is -7.01. The summed E-state index contributed by atoms with van der Waals surface area (Å²) in [5.41, 5.74) is -1.60. The number of ether oxygens (including phenoxy) is 1. The van der Waals surface area contributed by atoms with Gasteiger partial charge in [-0.15, -0.1) is 0 Å². The summed E-state index contributed by atoms with van der Waals surface area (Å²) in [7, 11) is 12.9. The fourth-order valence-electron chi connectivity index (χ4n) is 17.4. The zero-order valence-corrected chi connectivity index (χ0v) is 64.7. The molecule has 3 aliphatic heterocycles. The number of halogens is 5. The fraction of sp³-hybridized carbons (Fsp3) is 0.816. The van der Waals surface area contributed by atoms with Gasteiger partial charge in [0.1, 0.15) is 72.1 Å². The second kappa shape index (κ2) is 36.5. The number of amides is 12. The Morgan fingerprint density at radius 3 is 1.81 bits per heavy atom. The molecule has 7 fully saturated rings. The average molecular weight is 1500 g/mol. The maximum atomic E-state index is 15.7. The number of carbonyl (C=O) groups is 12. The maximum Gasteiger partial charge on any atom is 0.397 e. The molecule has 0 aromatic heterocycles. The Balaban J connectivity index is 1.20. The topological polar surface area (TPSA) is 271 Å². The van der Waals surface area contributed by atoms with E-state index in [1.54, 1.807) is 19.9 Å². The third-order valence-corrected chi connectivity index (χ3v) is 24.8. The van der Waals surface area contributed by atoms with E-state index in [-0.39, 0.29) is 82.9 Å². The van der Waals surface area contributed by atoms with Crippen LogP contribution in [0, 0.1) is 41.4 Å². The molecule has 5 saturated carbocycles. The van der Waals surface area contributed by atoms with Crippen molar-refractivity contribution in [1.82, 2.24) is 59.6 Å². The van der Waals surface area contributed by atoms with E-state index < -0.39 is 205 Å². The molecule has 1 spiro atoms. The number of nitrogens with zero attached hydrogens (tertiary/aromatic N) is 10. The van der Waals surface area contributed by atoms with Gasteiger partial charge in [0.05, 0.1) is 25.6 Å². The van der Waals surface area contributed by atoms with E-state index in [0.29, 0.717) is 50.9 Å². The van der Waals surface area contributed by atoms with Crippen molar-refractivity contribution in [3.63, 3.8) is 0 Å². The third kappa shape index (κ3) is 19.7. The number of carbonyl (C=O) groups excluding carboxylic acids is 12. The number of hydrogen-bond acceptors (Lipinski definition) is 13. The highest BCUT2D eigenvalue weighted by Gasteiger charge is 2.58. The van der Waals surface area contributed by atoms with Crippen LogP contribution in [0.25, 0.3) is 0 Å². The number of rotatable bonds is 13. The molecule has 0 aromatic carbocycles. The Morgan fingerprint density at radius 2 is 1.25 bits per heavy atom. The molecule has 2 N–H and O–H groups in total. The van der Waals surface area contributed by atoms with Crippen molar-refractivity contribution in [3.8, 4) is 0 Å². The quantitative estimate of drug-likeness (QED) is 0.161. The standard InChI is InChI=1S/C76H119F5N12O13/c1-14-46(4)64-72(103)86(8)44-62(96)87(9)55-24-17-16-20-35-92(71(55)102)58(39-47-27-25-45(3)26-28-47)69(100)85(7)43-60(94)82-54(32-31-49-36-52(77)63(53(78)37-49)76(79,80)81)67(98)93-42-51(106-15-2)40-59(93)70(101)91(13)75(33-21-34-75)74(105)90(12)65(50-22-18-19-23-50)73(104)89(11)57(68(99)84(5)6)41-61(95)88(10)56(66(97)83-64)38-48-29-30-48/h16-17,45-59,63-65H,14-15,18-44H2,1-13H3,(H,82,94)(H,83,97)/b17-16-/t45?,46-,47?,49?,51+,52?,53?,54-,55-,56-,57-,58-,59-,63?,64-,65-/m0/s1. The van der Waals surface area contributed by atoms with Crippen LogP contribution < -0.4 is 10.6 Å². The van der Waals surface area contributed by atoms with Crippen molar-refractivity contribution in [3.05, 3.63) is 12.2 Å². The van der Waals surface area contributed by atoms with Crippen molar-refractivity contribution in [1.29, 1.82) is 0 Å². The molecule has 0 radical (unpaired) electrons. The molecule has 12 atom stereocenters. The second-order valence-electron chi connectivity index (χ2n) is 32.4. The van der Waals surface area contributed by atoms with E-state index in [1.165, 1.54) is 108 Å². The smallest absolute Gasteiger partial charge is 0.377 e. The fourth-order valence-corrected chi connectivity index (χ4v) is 17.4. The number of alkyl halides is 5. The maximum absolute atomic E-state index is 15.7. The summed E-state index contributed by atoms with van der Waals surface area (Å²) in [5.74, 6) is -12.6. The first-order chi connectivity index (χ1) is 50.0. The molecule has 12 amide bonds. The van der Waals surface area contributed by atoms with Crippen molar-refractivity contribution >= 4 is 70.9 Å². The minimum absolute atomic E-state index is 0.0195. The zero-order chi connectivity index (χ0) is 78.1. The van der Waals surface area contributed by atoms with Gasteiger partial charge in [-0.25, -0.2) is 8.78 Å². The lowest BCUT2D eigenvalue weighted by Gasteiger charge is -2.51. The lowest BCUT2D eigenvalue weighted by Crippen LogP contribution is -2.68. The van der Waals surface area contributed by atoms with E-state index >= 15 is 37.5 Å². The van der Waals surface area contributed by atoms with Crippen LogP contribution in [0.2, 0.25) is 0 Å². The van der Waals surface area contributed by atoms with Crippen LogP contribution in [0.3, 0.4) is 0 Å². The van der Waals surface area contributed by atoms with Gasteiger partial charge in [0.25, 0.3) is 0 Å². The van der Waals surface area contributed by atoms with Crippen LogP contribution in [0.15, 0.2) is 12.2 Å². The molecule has 3 heterocycles. The summed E-state index contributed by atoms with van der Waals surface area (Å²) < 4.78 is 79.1. The summed E-state index contributed by atoms with van der Waals surface area (Å²) in [6, 6.07) is -10.4. The minimum atomic E-state index is -5.17. The molecule has 8 rings (SSSR count). The predicted molar refractivity (Wildman–Crippen MR) is 383 cm³/mol. The predicted octanol–water partition coefficient (Wildman–Crippen LogP) is 5.90. The van der Waals surface area contributed by atoms with Crippen molar-refractivity contribution in [2.45, 2.75) is 260 Å². The third-order valence-electron chi connectivity index (χ3n) is 24.8. The van der Waals surface area contributed by atoms with Crippen LogP contribution in [0.1, 0.15) is 182 Å². The number of hydrogen-bond donors (Lipinski definition) is 2. The van der Waals surface area contributed by atoms with Crippen LogP contribution in [0.4, 0.5) is 22.0 Å². The molecule has 8 aliphatic rings. The monoisotopic (exact) mass is 1500 g/mol. The molecular formula is C76H119F5N12O13. The number of nitrogens with one attached hydrogen (secondary N) is 2. The van der Waals surface area contributed by atoms with E-state index in [1.807, 2.05) is 13.0 Å². The first-order valence-corrected chi connectivity index (χ1v) is 38.8. The molecule has 596 valence electrons. The van der Waals surface area contributed by atoms with Crippen LogP contribution in [0.5, 0.6) is 0 Å². The van der Waals surface area contributed by atoms with Gasteiger partial charge in [0, 0.05) is 89.5 Å². The molecule has 2 bridgehead atoms.